The minimum Gasteiger partial charge on any atom is -0.371 e. The zero-order chi connectivity index (χ0) is 20.3. The van der Waals surface area contributed by atoms with Crippen LogP contribution < -0.4 is 16.0 Å². The summed E-state index contributed by atoms with van der Waals surface area (Å²) in [6.07, 6.45) is 0. The third kappa shape index (κ3) is 4.87. The van der Waals surface area contributed by atoms with E-state index in [1.54, 1.807) is 23.9 Å². The molecule has 148 valence electrons. The molecule has 0 fully saturated rings. The Balaban J connectivity index is 1.62. The van der Waals surface area contributed by atoms with E-state index in [-0.39, 0.29) is 23.9 Å². The molecule has 1 aliphatic rings. The molecular weight excluding hydrogens is 370 g/mol. The molecule has 2 aromatic carbocycles. The first-order chi connectivity index (χ1) is 13.3. The molecule has 3 N–H and O–H groups in total. The highest BCUT2D eigenvalue weighted by Crippen LogP contribution is 2.29. The molecule has 0 saturated heterocycles. The van der Waals surface area contributed by atoms with Crippen LogP contribution in [0.5, 0.6) is 0 Å². The highest BCUT2D eigenvalue weighted by molar-refractivity contribution is 7.98. The predicted octanol–water partition coefficient (Wildman–Crippen LogP) is 4.11. The number of amides is 2. The van der Waals surface area contributed by atoms with Gasteiger partial charge in [-0.15, -0.1) is 0 Å². The van der Waals surface area contributed by atoms with Crippen molar-refractivity contribution in [2.24, 2.45) is 0 Å². The average molecular weight is 398 g/mol. The molecule has 1 heterocycles. The molecule has 28 heavy (non-hydrogen) atoms. The van der Waals surface area contributed by atoms with Gasteiger partial charge in [-0.3, -0.25) is 9.59 Å². The maximum Gasteiger partial charge on any atom is 0.251 e. The summed E-state index contributed by atoms with van der Waals surface area (Å²) in [7, 11) is 0. The van der Waals surface area contributed by atoms with Gasteiger partial charge in [0.15, 0.2) is 0 Å². The molecule has 0 bridgehead atoms. The van der Waals surface area contributed by atoms with E-state index in [0.717, 1.165) is 11.4 Å². The molecule has 0 aromatic heterocycles. The summed E-state index contributed by atoms with van der Waals surface area (Å²) in [5.74, 6) is 1.34. The van der Waals surface area contributed by atoms with Crippen LogP contribution in [0.25, 0.3) is 0 Å². The second-order valence-corrected chi connectivity index (χ2v) is 8.55. The molecule has 2 aromatic rings. The van der Waals surface area contributed by atoms with Crippen LogP contribution in [0.4, 0.5) is 11.4 Å². The molecule has 1 atom stereocenters. The number of fused-ring (bicyclic) bond motifs is 1. The van der Waals surface area contributed by atoms with E-state index in [0.29, 0.717) is 17.0 Å². The fourth-order valence-corrected chi connectivity index (χ4v) is 4.21. The number of thioether (sulfide) groups is 1. The summed E-state index contributed by atoms with van der Waals surface area (Å²) in [5.41, 5.74) is 5.87. The van der Waals surface area contributed by atoms with Crippen LogP contribution in [0.2, 0.25) is 0 Å². The number of anilines is 2. The minimum atomic E-state index is -0.294. The second kappa shape index (κ2) is 8.69. The lowest BCUT2D eigenvalue weighted by molar-refractivity contribution is -0.116. The molecule has 0 spiro atoms. The van der Waals surface area contributed by atoms with Gasteiger partial charge in [0.2, 0.25) is 5.91 Å². The lowest BCUT2D eigenvalue weighted by Gasteiger charge is -2.27. The number of rotatable bonds is 6. The van der Waals surface area contributed by atoms with E-state index in [1.807, 2.05) is 19.9 Å². The van der Waals surface area contributed by atoms with Gasteiger partial charge in [0.1, 0.15) is 6.04 Å². The summed E-state index contributed by atoms with van der Waals surface area (Å²) in [6, 6.07) is 11.6. The zero-order valence-electron chi connectivity index (χ0n) is 16.8. The molecule has 1 unspecified atom stereocenters. The largest absolute Gasteiger partial charge is 0.371 e. The summed E-state index contributed by atoms with van der Waals surface area (Å²) in [6.45, 7) is 8.04. The van der Waals surface area contributed by atoms with Crippen molar-refractivity contribution in [3.8, 4) is 0 Å². The van der Waals surface area contributed by atoms with Gasteiger partial charge in [-0.2, -0.15) is 11.8 Å². The van der Waals surface area contributed by atoms with Gasteiger partial charge >= 0.3 is 0 Å². The number of hydrogen-bond acceptors (Lipinski definition) is 4. The minimum absolute atomic E-state index is 0.0645. The third-order valence-electron chi connectivity index (χ3n) is 4.65. The van der Waals surface area contributed by atoms with Crippen molar-refractivity contribution in [1.29, 1.82) is 0 Å². The Morgan fingerprint density at radius 3 is 2.68 bits per heavy atom. The number of benzene rings is 2. The molecule has 3 rings (SSSR count). The predicted molar refractivity (Wildman–Crippen MR) is 117 cm³/mol. The smallest absolute Gasteiger partial charge is 0.251 e. The first-order valence-electron chi connectivity index (χ1n) is 9.49. The Labute approximate surface area is 170 Å². The molecular formula is C22H27N3O2S. The number of nitrogens with one attached hydrogen (secondary N) is 3. The van der Waals surface area contributed by atoms with Gasteiger partial charge in [0.05, 0.1) is 11.4 Å². The van der Waals surface area contributed by atoms with E-state index in [9.17, 15) is 9.59 Å². The van der Waals surface area contributed by atoms with Gasteiger partial charge in [-0.05, 0) is 57.0 Å². The Bertz CT molecular complexity index is 895. The lowest BCUT2D eigenvalue weighted by Crippen LogP contribution is -2.40. The van der Waals surface area contributed by atoms with Crippen LogP contribution >= 0.6 is 11.8 Å². The number of carbonyl (C=O) groups excluding carboxylic acids is 2. The van der Waals surface area contributed by atoms with Crippen LogP contribution in [-0.2, 0) is 10.5 Å². The quantitative estimate of drug-likeness (QED) is 0.686. The number of hydrogen-bond donors (Lipinski definition) is 3. The van der Waals surface area contributed by atoms with Crippen molar-refractivity contribution in [2.45, 2.75) is 45.5 Å². The van der Waals surface area contributed by atoms with Crippen molar-refractivity contribution in [2.75, 3.05) is 16.4 Å². The van der Waals surface area contributed by atoms with E-state index in [4.69, 9.17) is 0 Å². The summed E-state index contributed by atoms with van der Waals surface area (Å²) >= 11 is 1.74. The SMILES string of the molecule is Cc1ccc(C)c(CSCC2Nc3ccc(C(=O)NC(C)C)cc3NC2=O)c1. The van der Waals surface area contributed by atoms with E-state index in [1.165, 1.54) is 16.7 Å². The summed E-state index contributed by atoms with van der Waals surface area (Å²) in [4.78, 5) is 24.7. The maximum atomic E-state index is 12.5. The lowest BCUT2D eigenvalue weighted by atomic mass is 10.1. The van der Waals surface area contributed by atoms with E-state index >= 15 is 0 Å². The van der Waals surface area contributed by atoms with E-state index in [2.05, 4.69) is 48.0 Å². The fraction of sp³-hybridized carbons (Fsp3) is 0.364. The van der Waals surface area contributed by atoms with Gasteiger partial charge in [0.25, 0.3) is 5.91 Å². The normalized spacial score (nSPS) is 15.6. The summed E-state index contributed by atoms with van der Waals surface area (Å²) < 4.78 is 0. The molecule has 0 aliphatic carbocycles. The standard InChI is InChI=1S/C22H27N3O2S/c1-13(2)23-21(26)16-7-8-18-19(10-16)25-22(27)20(24-18)12-28-11-17-9-14(3)5-6-15(17)4/h5-10,13,20,24H,11-12H2,1-4H3,(H,23,26)(H,25,27). The average Bonchev–Trinajstić information content (AvgIpc) is 2.64. The molecule has 1 aliphatic heterocycles. The molecule has 0 radical (unpaired) electrons. The van der Waals surface area contributed by atoms with Crippen molar-refractivity contribution in [3.05, 3.63) is 58.7 Å². The molecule has 5 nitrogen and oxygen atoms in total. The molecule has 0 saturated carbocycles. The first-order valence-corrected chi connectivity index (χ1v) is 10.6. The maximum absolute atomic E-state index is 12.5. The van der Waals surface area contributed by atoms with Crippen LogP contribution in [0.1, 0.15) is 40.9 Å². The zero-order valence-corrected chi connectivity index (χ0v) is 17.6. The second-order valence-electron chi connectivity index (χ2n) is 7.52. The van der Waals surface area contributed by atoms with Crippen molar-refractivity contribution >= 4 is 35.0 Å². The van der Waals surface area contributed by atoms with Crippen LogP contribution in [0.3, 0.4) is 0 Å². The van der Waals surface area contributed by atoms with Gasteiger partial charge in [-0.1, -0.05) is 23.8 Å². The van der Waals surface area contributed by atoms with Crippen molar-refractivity contribution in [1.82, 2.24) is 5.32 Å². The Kier molecular flexibility index (Phi) is 6.29. The number of aryl methyl sites for hydroxylation is 2. The van der Waals surface area contributed by atoms with Crippen LogP contribution in [0, 0.1) is 13.8 Å². The van der Waals surface area contributed by atoms with Crippen LogP contribution in [-0.4, -0.2) is 29.7 Å². The third-order valence-corrected chi connectivity index (χ3v) is 5.74. The first kappa shape index (κ1) is 20.3. The summed E-state index contributed by atoms with van der Waals surface area (Å²) in [5, 5.41) is 9.10. The monoisotopic (exact) mass is 397 g/mol. The highest BCUT2D eigenvalue weighted by atomic mass is 32.2. The van der Waals surface area contributed by atoms with Gasteiger partial charge in [-0.25, -0.2) is 0 Å². The van der Waals surface area contributed by atoms with Crippen LogP contribution in [0.15, 0.2) is 36.4 Å². The van der Waals surface area contributed by atoms with Gasteiger partial charge in [0, 0.05) is 23.1 Å². The number of carbonyl (C=O) groups is 2. The molecule has 6 heteroatoms. The topological polar surface area (TPSA) is 70.2 Å². The van der Waals surface area contributed by atoms with Gasteiger partial charge < -0.3 is 16.0 Å². The van der Waals surface area contributed by atoms with E-state index < -0.39 is 0 Å². The Morgan fingerprint density at radius 1 is 1.14 bits per heavy atom. The molecule has 2 amide bonds. The highest BCUT2D eigenvalue weighted by Gasteiger charge is 2.26. The fourth-order valence-electron chi connectivity index (χ4n) is 3.09. The van der Waals surface area contributed by atoms with Crippen molar-refractivity contribution in [3.63, 3.8) is 0 Å². The van der Waals surface area contributed by atoms with Crippen molar-refractivity contribution < 1.29 is 9.59 Å². The Hall–Kier alpha value is -2.47. The Morgan fingerprint density at radius 2 is 1.93 bits per heavy atom.